The van der Waals surface area contributed by atoms with Crippen molar-refractivity contribution in [3.05, 3.63) is 24.3 Å². The van der Waals surface area contributed by atoms with E-state index in [2.05, 4.69) is 78.6 Å². The lowest BCUT2D eigenvalue weighted by atomic mass is 9.99. The molecule has 0 unspecified atom stereocenters. The molecule has 0 saturated carbocycles. The van der Waals surface area contributed by atoms with E-state index in [-0.39, 0.29) is 24.1 Å². The fraction of sp³-hybridized carbons (Fsp3) is 0.750. The van der Waals surface area contributed by atoms with Gasteiger partial charge in [-0.3, -0.25) is 0 Å². The maximum Gasteiger partial charge on any atom is 0.228 e. The van der Waals surface area contributed by atoms with Gasteiger partial charge in [-0.15, -0.1) is 0 Å². The van der Waals surface area contributed by atoms with Crippen LogP contribution < -0.4 is 4.74 Å². The fourth-order valence-corrected chi connectivity index (χ4v) is 7.64. The molecule has 1 aliphatic rings. The van der Waals surface area contributed by atoms with E-state index in [0.29, 0.717) is 12.4 Å². The first kappa shape index (κ1) is 30.7. The van der Waals surface area contributed by atoms with Gasteiger partial charge in [0.2, 0.25) is 6.29 Å². The molecule has 0 amide bonds. The summed E-state index contributed by atoms with van der Waals surface area (Å²) >= 11 is 0. The number of ether oxygens (including phenoxy) is 2. The fourth-order valence-electron chi connectivity index (χ4n) is 3.72. The van der Waals surface area contributed by atoms with Gasteiger partial charge in [0.25, 0.3) is 0 Å². The summed E-state index contributed by atoms with van der Waals surface area (Å²) in [6, 6.07) is 6.67. The molecule has 0 bridgehead atoms. The summed E-state index contributed by atoms with van der Waals surface area (Å²) in [5.74, 6) is 0.778. The second-order valence-corrected chi connectivity index (χ2v) is 31.1. The second kappa shape index (κ2) is 11.5. The van der Waals surface area contributed by atoms with E-state index in [4.69, 9.17) is 27.2 Å². The highest BCUT2D eigenvalue weighted by atomic mass is 28.4. The van der Waals surface area contributed by atoms with Crippen molar-refractivity contribution in [1.82, 2.24) is 0 Å². The summed E-state index contributed by atoms with van der Waals surface area (Å²) in [7, 11) is -7.80. The van der Waals surface area contributed by atoms with Gasteiger partial charge in [0.05, 0.1) is 6.61 Å². The highest BCUT2D eigenvalue weighted by molar-refractivity contribution is 6.71. The molecule has 0 aliphatic carbocycles. The lowest BCUT2D eigenvalue weighted by Crippen LogP contribution is -2.67. The Balaban J connectivity index is 2.54. The summed E-state index contributed by atoms with van der Waals surface area (Å²) in [6.07, 6.45) is -2.22. The number of phenols is 1. The van der Waals surface area contributed by atoms with E-state index in [0.717, 1.165) is 0 Å². The maximum absolute atomic E-state index is 9.72. The molecule has 7 nitrogen and oxygen atoms in total. The van der Waals surface area contributed by atoms with E-state index in [9.17, 15) is 5.11 Å². The molecule has 1 aromatic rings. The molecule has 0 spiro atoms. The number of rotatable bonds is 11. The Hall–Kier alpha value is -0.512. The molecule has 5 atom stereocenters. The van der Waals surface area contributed by atoms with Crippen molar-refractivity contribution >= 4 is 33.3 Å². The van der Waals surface area contributed by atoms with Crippen LogP contribution in [0.2, 0.25) is 78.6 Å². The van der Waals surface area contributed by atoms with E-state index in [1.54, 1.807) is 24.3 Å². The number of benzene rings is 1. The lowest BCUT2D eigenvalue weighted by Gasteiger charge is -2.50. The lowest BCUT2D eigenvalue weighted by molar-refractivity contribution is -0.265. The molecular weight excluding hydrogens is 513 g/mol. The highest BCUT2D eigenvalue weighted by Crippen LogP contribution is 2.35. The zero-order valence-corrected chi connectivity index (χ0v) is 27.8. The summed E-state index contributed by atoms with van der Waals surface area (Å²) in [5, 5.41) is 9.72. The van der Waals surface area contributed by atoms with Crippen molar-refractivity contribution < 1.29 is 32.3 Å². The van der Waals surface area contributed by atoms with Gasteiger partial charge in [0, 0.05) is 0 Å². The molecule has 0 radical (unpaired) electrons. The molecule has 1 fully saturated rings. The van der Waals surface area contributed by atoms with Gasteiger partial charge < -0.3 is 32.3 Å². The minimum absolute atomic E-state index is 0.182. The van der Waals surface area contributed by atoms with Gasteiger partial charge in [-0.05, 0) is 103 Å². The minimum atomic E-state index is -2.02. The van der Waals surface area contributed by atoms with Crippen molar-refractivity contribution in [2.24, 2.45) is 0 Å². The predicted octanol–water partition coefficient (Wildman–Crippen LogP) is 6.01. The Bertz CT molecular complexity index is 795. The zero-order valence-electron chi connectivity index (χ0n) is 23.8. The average Bonchev–Trinajstić information content (AvgIpc) is 2.63. The second-order valence-electron chi connectivity index (χ2n) is 13.2. The van der Waals surface area contributed by atoms with Crippen LogP contribution in [-0.2, 0) is 22.4 Å². The normalized spacial score (nSPS) is 26.6. The van der Waals surface area contributed by atoms with Crippen LogP contribution in [0.3, 0.4) is 0 Å². The van der Waals surface area contributed by atoms with E-state index >= 15 is 0 Å². The molecule has 0 aromatic heterocycles. The van der Waals surface area contributed by atoms with Crippen LogP contribution >= 0.6 is 0 Å². The standard InChI is InChI=1S/C24H48O7Si4/c1-32(2,3)26-17-20-21(29-33(4,5)6)22(30-34(7,8)9)23(31-35(10,11)12)24(28-20)27-19-15-13-18(25)14-16-19/h13-16,20-25H,17H2,1-12H3/t20-,21-,22+,23-,24-/m1/s1. The first-order valence-corrected chi connectivity index (χ1v) is 26.1. The van der Waals surface area contributed by atoms with Crippen LogP contribution in [-0.4, -0.2) is 75.7 Å². The Morgan fingerprint density at radius 1 is 0.657 bits per heavy atom. The van der Waals surface area contributed by atoms with Gasteiger partial charge in [0.1, 0.15) is 35.9 Å². The first-order valence-electron chi connectivity index (χ1n) is 12.5. The van der Waals surface area contributed by atoms with Crippen molar-refractivity contribution in [3.8, 4) is 11.5 Å². The third-order valence-electron chi connectivity index (χ3n) is 4.83. The number of phenolic OH excluding ortho intramolecular Hbond substituents is 1. The topological polar surface area (TPSA) is 75.6 Å². The summed E-state index contributed by atoms with van der Waals surface area (Å²) in [5.41, 5.74) is 0. The van der Waals surface area contributed by atoms with Crippen molar-refractivity contribution in [3.63, 3.8) is 0 Å². The van der Waals surface area contributed by atoms with Crippen LogP contribution in [0.4, 0.5) is 0 Å². The monoisotopic (exact) mass is 560 g/mol. The molecule has 2 rings (SSSR count). The molecule has 1 aromatic carbocycles. The van der Waals surface area contributed by atoms with Gasteiger partial charge >= 0.3 is 0 Å². The smallest absolute Gasteiger partial charge is 0.228 e. The van der Waals surface area contributed by atoms with E-state index < -0.39 is 45.7 Å². The zero-order chi connectivity index (χ0) is 26.8. The highest BCUT2D eigenvalue weighted by Gasteiger charge is 2.52. The molecule has 35 heavy (non-hydrogen) atoms. The average molecular weight is 561 g/mol. The maximum atomic E-state index is 9.72. The molecule has 1 aliphatic heterocycles. The third kappa shape index (κ3) is 11.2. The molecule has 1 N–H and O–H groups in total. The summed E-state index contributed by atoms with van der Waals surface area (Å²) in [6.45, 7) is 26.5. The van der Waals surface area contributed by atoms with Crippen LogP contribution in [0.15, 0.2) is 24.3 Å². The van der Waals surface area contributed by atoms with Crippen molar-refractivity contribution in [2.75, 3.05) is 6.61 Å². The van der Waals surface area contributed by atoms with Crippen LogP contribution in [0.25, 0.3) is 0 Å². The largest absolute Gasteiger partial charge is 0.508 e. The Kier molecular flexibility index (Phi) is 10.1. The first-order chi connectivity index (χ1) is 15.7. The van der Waals surface area contributed by atoms with Crippen LogP contribution in [0.1, 0.15) is 0 Å². The van der Waals surface area contributed by atoms with E-state index in [1.807, 2.05) is 0 Å². The molecule has 1 saturated heterocycles. The van der Waals surface area contributed by atoms with Crippen molar-refractivity contribution in [1.29, 1.82) is 0 Å². The van der Waals surface area contributed by atoms with Gasteiger partial charge in [0.15, 0.2) is 33.3 Å². The molecule has 1 heterocycles. The van der Waals surface area contributed by atoms with Crippen molar-refractivity contribution in [2.45, 2.75) is 109 Å². The summed E-state index contributed by atoms with van der Waals surface area (Å²) in [4.78, 5) is 0. The van der Waals surface area contributed by atoms with Gasteiger partial charge in [-0.1, -0.05) is 0 Å². The SMILES string of the molecule is C[Si](C)(C)OC[C@H]1O[C@@H](Oc2ccc(O)cc2)[C@H](O[Si](C)(C)C)[C@@H](O[Si](C)(C)C)[C@@H]1O[Si](C)(C)C. The number of hydrogen-bond donors (Lipinski definition) is 1. The molecule has 202 valence electrons. The third-order valence-corrected chi connectivity index (χ3v) is 8.80. The number of aromatic hydroxyl groups is 1. The van der Waals surface area contributed by atoms with Crippen LogP contribution in [0, 0.1) is 0 Å². The molecular formula is C24H48O7Si4. The Morgan fingerprint density at radius 3 is 1.57 bits per heavy atom. The minimum Gasteiger partial charge on any atom is -0.508 e. The van der Waals surface area contributed by atoms with E-state index in [1.165, 1.54) is 0 Å². The molecule has 11 heteroatoms. The Morgan fingerprint density at radius 2 is 1.11 bits per heavy atom. The predicted molar refractivity (Wildman–Crippen MR) is 151 cm³/mol. The number of hydrogen-bond acceptors (Lipinski definition) is 7. The Labute approximate surface area is 216 Å². The van der Waals surface area contributed by atoms with Gasteiger partial charge in [-0.25, -0.2) is 0 Å². The van der Waals surface area contributed by atoms with Crippen LogP contribution in [0.5, 0.6) is 11.5 Å². The summed E-state index contributed by atoms with van der Waals surface area (Å²) < 4.78 is 39.6. The quantitative estimate of drug-likeness (QED) is 0.332. The van der Waals surface area contributed by atoms with Gasteiger partial charge in [-0.2, -0.15) is 0 Å².